The smallest absolute Gasteiger partial charge is 0.0719 e. The first-order valence-corrected chi connectivity index (χ1v) is 12.0. The second-order valence-electron chi connectivity index (χ2n) is 9.41. The number of rotatable bonds is 2. The number of anilines is 2. The lowest BCUT2D eigenvalue weighted by molar-refractivity contribution is 0.722. The minimum absolute atomic E-state index is 0.301. The highest BCUT2D eigenvalue weighted by atomic mass is 15.1. The second-order valence-corrected chi connectivity index (χ2v) is 9.41. The molecule has 2 aliphatic rings. The van der Waals surface area contributed by atoms with E-state index in [9.17, 15) is 0 Å². The summed E-state index contributed by atoms with van der Waals surface area (Å²) in [7, 11) is 2.16. The Kier molecular flexibility index (Phi) is 4.10. The standard InChI is InChI=1S/C33H25N/c1-34(25-12-3-2-4-13-25)26-20-19-24-21-23-11-5-8-16-29(23)33(32(24)22-26)30-17-9-6-14-27(30)28-15-7-10-18-31(28)33/h2-20,22H,21H2,1H3. The Morgan fingerprint density at radius 3 is 1.76 bits per heavy atom. The molecule has 0 fully saturated rings. The first kappa shape index (κ1) is 19.4. The summed E-state index contributed by atoms with van der Waals surface area (Å²) in [6.45, 7) is 0. The molecule has 162 valence electrons. The van der Waals surface area contributed by atoms with Crippen LogP contribution in [0.5, 0.6) is 0 Å². The third-order valence-corrected chi connectivity index (χ3v) is 7.78. The number of hydrogen-bond acceptors (Lipinski definition) is 1. The number of nitrogens with zero attached hydrogens (tertiary/aromatic N) is 1. The summed E-state index contributed by atoms with van der Waals surface area (Å²) in [5, 5.41) is 0. The van der Waals surface area contributed by atoms with Crippen LogP contribution in [0.2, 0.25) is 0 Å². The molecule has 0 saturated carbocycles. The van der Waals surface area contributed by atoms with Crippen molar-refractivity contribution in [2.75, 3.05) is 11.9 Å². The lowest BCUT2D eigenvalue weighted by Gasteiger charge is -2.41. The Hall–Kier alpha value is -4.10. The van der Waals surface area contributed by atoms with Gasteiger partial charge in [0.1, 0.15) is 0 Å². The van der Waals surface area contributed by atoms with Crippen LogP contribution in [0.3, 0.4) is 0 Å². The van der Waals surface area contributed by atoms with Gasteiger partial charge in [0.15, 0.2) is 0 Å². The van der Waals surface area contributed by atoms with Gasteiger partial charge in [-0.15, -0.1) is 0 Å². The van der Waals surface area contributed by atoms with Crippen molar-refractivity contribution in [2.24, 2.45) is 0 Å². The van der Waals surface area contributed by atoms with E-state index in [0.717, 1.165) is 6.42 Å². The van der Waals surface area contributed by atoms with Gasteiger partial charge >= 0.3 is 0 Å². The van der Waals surface area contributed by atoms with Crippen LogP contribution in [0.4, 0.5) is 11.4 Å². The van der Waals surface area contributed by atoms with Crippen molar-refractivity contribution in [1.29, 1.82) is 0 Å². The molecule has 0 amide bonds. The molecule has 7 rings (SSSR count). The molecule has 34 heavy (non-hydrogen) atoms. The molecule has 0 bridgehead atoms. The average molecular weight is 436 g/mol. The molecule has 0 atom stereocenters. The van der Waals surface area contributed by atoms with E-state index in [1.165, 1.54) is 55.9 Å². The fraction of sp³-hybridized carbons (Fsp3) is 0.0909. The largest absolute Gasteiger partial charge is 0.345 e. The highest BCUT2D eigenvalue weighted by molar-refractivity contribution is 5.88. The maximum atomic E-state index is 2.44. The van der Waals surface area contributed by atoms with Crippen molar-refractivity contribution < 1.29 is 0 Å². The highest BCUT2D eigenvalue weighted by Crippen LogP contribution is 2.59. The monoisotopic (exact) mass is 435 g/mol. The highest BCUT2D eigenvalue weighted by Gasteiger charge is 2.49. The Bertz CT molecular complexity index is 1500. The van der Waals surface area contributed by atoms with Crippen molar-refractivity contribution in [3.8, 4) is 11.1 Å². The molecule has 0 unspecified atom stereocenters. The Labute approximate surface area is 201 Å². The molecule has 0 heterocycles. The number of fused-ring (bicyclic) bond motifs is 9. The Morgan fingerprint density at radius 1 is 0.500 bits per heavy atom. The van der Waals surface area contributed by atoms with Crippen LogP contribution < -0.4 is 4.90 Å². The molecule has 0 saturated heterocycles. The molecule has 2 aliphatic carbocycles. The lowest BCUT2D eigenvalue weighted by Crippen LogP contribution is -2.34. The summed E-state index contributed by atoms with van der Waals surface area (Å²) in [6.07, 6.45) is 0.965. The molecule has 0 radical (unpaired) electrons. The summed E-state index contributed by atoms with van der Waals surface area (Å²) in [5.41, 5.74) is 13.2. The zero-order chi connectivity index (χ0) is 22.7. The van der Waals surface area contributed by atoms with Crippen molar-refractivity contribution in [1.82, 2.24) is 0 Å². The molecule has 0 aromatic heterocycles. The van der Waals surface area contributed by atoms with Gasteiger partial charge in [0.05, 0.1) is 5.41 Å². The zero-order valence-corrected chi connectivity index (χ0v) is 19.2. The van der Waals surface area contributed by atoms with E-state index in [2.05, 4.69) is 133 Å². The van der Waals surface area contributed by atoms with Crippen LogP contribution in [-0.2, 0) is 11.8 Å². The average Bonchev–Trinajstić information content (AvgIpc) is 3.20. The summed E-state index contributed by atoms with van der Waals surface area (Å²) in [4.78, 5) is 2.29. The van der Waals surface area contributed by atoms with E-state index in [-0.39, 0.29) is 5.41 Å². The van der Waals surface area contributed by atoms with Crippen LogP contribution >= 0.6 is 0 Å². The maximum Gasteiger partial charge on any atom is 0.0719 e. The minimum Gasteiger partial charge on any atom is -0.345 e. The van der Waals surface area contributed by atoms with E-state index in [1.807, 2.05) is 0 Å². The third kappa shape index (κ3) is 2.50. The quantitative estimate of drug-likeness (QED) is 0.269. The number of para-hydroxylation sites is 1. The molecule has 0 aliphatic heterocycles. The van der Waals surface area contributed by atoms with Crippen molar-refractivity contribution in [3.63, 3.8) is 0 Å². The molecule has 5 aromatic rings. The van der Waals surface area contributed by atoms with Gasteiger partial charge in [0, 0.05) is 18.4 Å². The number of hydrogen-bond donors (Lipinski definition) is 0. The third-order valence-electron chi connectivity index (χ3n) is 7.78. The van der Waals surface area contributed by atoms with Gasteiger partial charge in [-0.3, -0.25) is 0 Å². The van der Waals surface area contributed by atoms with Gasteiger partial charge < -0.3 is 4.90 Å². The van der Waals surface area contributed by atoms with E-state index < -0.39 is 0 Å². The first-order valence-electron chi connectivity index (χ1n) is 12.0. The van der Waals surface area contributed by atoms with Crippen LogP contribution in [0, 0.1) is 0 Å². The molecule has 1 spiro atoms. The summed E-state index contributed by atoms with van der Waals surface area (Å²) in [6, 6.07) is 44.7. The summed E-state index contributed by atoms with van der Waals surface area (Å²) >= 11 is 0. The Balaban J connectivity index is 1.57. The van der Waals surface area contributed by atoms with E-state index in [4.69, 9.17) is 0 Å². The van der Waals surface area contributed by atoms with E-state index in [0.29, 0.717) is 0 Å². The molecular formula is C33H25N. The molecule has 5 aromatic carbocycles. The van der Waals surface area contributed by atoms with Crippen LogP contribution in [0.15, 0.2) is 121 Å². The normalized spacial score (nSPS) is 14.1. The summed E-state index contributed by atoms with van der Waals surface area (Å²) in [5.74, 6) is 0. The topological polar surface area (TPSA) is 3.24 Å². The van der Waals surface area contributed by atoms with Gasteiger partial charge in [-0.1, -0.05) is 97.1 Å². The minimum atomic E-state index is -0.301. The lowest BCUT2D eigenvalue weighted by atomic mass is 9.61. The fourth-order valence-electron chi connectivity index (χ4n) is 6.28. The van der Waals surface area contributed by atoms with Crippen LogP contribution in [-0.4, -0.2) is 7.05 Å². The van der Waals surface area contributed by atoms with Gasteiger partial charge in [0.25, 0.3) is 0 Å². The summed E-state index contributed by atoms with van der Waals surface area (Å²) < 4.78 is 0. The molecule has 1 nitrogen and oxygen atoms in total. The van der Waals surface area contributed by atoms with Gasteiger partial charge in [0.2, 0.25) is 0 Å². The van der Waals surface area contributed by atoms with E-state index in [1.54, 1.807) is 0 Å². The second kappa shape index (κ2) is 7.20. The molecule has 0 N–H and O–H groups in total. The van der Waals surface area contributed by atoms with Gasteiger partial charge in [-0.25, -0.2) is 0 Å². The van der Waals surface area contributed by atoms with Crippen molar-refractivity contribution >= 4 is 11.4 Å². The fourth-order valence-corrected chi connectivity index (χ4v) is 6.28. The number of benzene rings is 5. The van der Waals surface area contributed by atoms with Crippen molar-refractivity contribution in [3.05, 3.63) is 155 Å². The molecule has 1 heteroatoms. The van der Waals surface area contributed by atoms with Gasteiger partial charge in [-0.05, 0) is 75.2 Å². The van der Waals surface area contributed by atoms with Crippen LogP contribution in [0.25, 0.3) is 11.1 Å². The van der Waals surface area contributed by atoms with E-state index >= 15 is 0 Å². The SMILES string of the molecule is CN(c1ccccc1)c1ccc2c(c1)C1(c3ccccc3C2)c2ccccc2-c2ccccc21. The molecular weight excluding hydrogens is 410 g/mol. The predicted molar refractivity (Wildman–Crippen MR) is 141 cm³/mol. The zero-order valence-electron chi connectivity index (χ0n) is 19.2. The van der Waals surface area contributed by atoms with Gasteiger partial charge in [-0.2, -0.15) is 0 Å². The van der Waals surface area contributed by atoms with Crippen LogP contribution in [0.1, 0.15) is 33.4 Å². The first-order chi connectivity index (χ1) is 16.8. The maximum absolute atomic E-state index is 2.44. The Morgan fingerprint density at radius 2 is 1.06 bits per heavy atom. The predicted octanol–water partition coefficient (Wildman–Crippen LogP) is 7.72. The van der Waals surface area contributed by atoms with Crippen molar-refractivity contribution in [2.45, 2.75) is 11.8 Å².